The first-order chi connectivity index (χ1) is 14.3. The Labute approximate surface area is 177 Å². The van der Waals surface area contributed by atoms with Crippen molar-refractivity contribution in [2.24, 2.45) is 0 Å². The van der Waals surface area contributed by atoms with Crippen LogP contribution in [0, 0.1) is 0 Å². The van der Waals surface area contributed by atoms with Gasteiger partial charge in [-0.05, 0) is 74.8 Å². The minimum absolute atomic E-state index is 0.335. The van der Waals surface area contributed by atoms with Gasteiger partial charge in [-0.3, -0.25) is 4.57 Å². The van der Waals surface area contributed by atoms with E-state index in [4.69, 9.17) is 4.98 Å². The first-order valence-corrected chi connectivity index (χ1v) is 10.9. The van der Waals surface area contributed by atoms with E-state index in [1.165, 1.54) is 33.5 Å². The van der Waals surface area contributed by atoms with Crippen LogP contribution in [0.4, 0.5) is 0 Å². The van der Waals surface area contributed by atoms with E-state index in [2.05, 4.69) is 99.4 Å². The molecule has 2 heterocycles. The summed E-state index contributed by atoms with van der Waals surface area (Å²) in [6.07, 6.45) is 6.89. The minimum atomic E-state index is -0.335. The van der Waals surface area contributed by atoms with E-state index in [9.17, 15) is 0 Å². The number of imidazole rings is 1. The molecule has 1 atom stereocenters. The molecule has 7 rings (SSSR count). The number of hydrogen-bond donors (Lipinski definition) is 0. The predicted molar refractivity (Wildman–Crippen MR) is 120 cm³/mol. The van der Waals surface area contributed by atoms with Crippen molar-refractivity contribution in [3.8, 4) is 5.69 Å². The maximum Gasteiger partial charge on any atom is 0.134 e. The van der Waals surface area contributed by atoms with Gasteiger partial charge in [-0.15, -0.1) is 0 Å². The molecule has 3 aliphatic rings. The van der Waals surface area contributed by atoms with Crippen LogP contribution in [0.15, 0.2) is 88.9 Å². The number of aromatic nitrogens is 2. The van der Waals surface area contributed by atoms with Crippen molar-refractivity contribution in [1.29, 1.82) is 0 Å². The SMILES string of the molecule is Brc1cccc2nc3n(c12)-c1ccccc1C31C2=C(CCC=C2)c2ccccc21. The van der Waals surface area contributed by atoms with Crippen LogP contribution >= 0.6 is 15.9 Å². The third-order valence-corrected chi connectivity index (χ3v) is 7.38. The van der Waals surface area contributed by atoms with Gasteiger partial charge in [0, 0.05) is 4.47 Å². The van der Waals surface area contributed by atoms with Crippen LogP contribution in [0.25, 0.3) is 22.3 Å². The van der Waals surface area contributed by atoms with E-state index in [1.807, 2.05) is 0 Å². The van der Waals surface area contributed by atoms with Crippen molar-refractivity contribution in [3.05, 3.63) is 111 Å². The van der Waals surface area contributed by atoms with Gasteiger partial charge in [0.05, 0.1) is 16.7 Å². The Morgan fingerprint density at radius 3 is 2.66 bits per heavy atom. The largest absolute Gasteiger partial charge is 0.293 e. The summed E-state index contributed by atoms with van der Waals surface area (Å²) in [7, 11) is 0. The highest BCUT2D eigenvalue weighted by atomic mass is 79.9. The molecule has 0 saturated carbocycles. The topological polar surface area (TPSA) is 17.8 Å². The summed E-state index contributed by atoms with van der Waals surface area (Å²) in [5, 5.41) is 0. The smallest absolute Gasteiger partial charge is 0.134 e. The Morgan fingerprint density at radius 2 is 1.72 bits per heavy atom. The van der Waals surface area contributed by atoms with E-state index in [0.29, 0.717) is 0 Å². The van der Waals surface area contributed by atoms with Crippen molar-refractivity contribution < 1.29 is 0 Å². The fraction of sp³-hybridized carbons (Fsp3) is 0.115. The molecule has 1 aliphatic heterocycles. The molecule has 0 amide bonds. The third-order valence-electron chi connectivity index (χ3n) is 6.74. The van der Waals surface area contributed by atoms with Crippen molar-refractivity contribution in [1.82, 2.24) is 9.55 Å². The van der Waals surface area contributed by atoms with E-state index in [1.54, 1.807) is 0 Å². The number of para-hydroxylation sites is 2. The quantitative estimate of drug-likeness (QED) is 0.305. The van der Waals surface area contributed by atoms with Crippen molar-refractivity contribution in [2.75, 3.05) is 0 Å². The highest BCUT2D eigenvalue weighted by Gasteiger charge is 2.54. The van der Waals surface area contributed by atoms with Crippen molar-refractivity contribution in [2.45, 2.75) is 18.3 Å². The van der Waals surface area contributed by atoms with Crippen LogP contribution in [0.3, 0.4) is 0 Å². The number of benzene rings is 3. The second-order valence-electron chi connectivity index (χ2n) is 8.02. The van der Waals surface area contributed by atoms with Gasteiger partial charge >= 0.3 is 0 Å². The number of halogens is 1. The van der Waals surface area contributed by atoms with Gasteiger partial charge in [-0.25, -0.2) is 4.98 Å². The zero-order valence-electron chi connectivity index (χ0n) is 15.7. The molecule has 1 spiro atoms. The Bertz CT molecular complexity index is 1420. The maximum absolute atomic E-state index is 5.26. The summed E-state index contributed by atoms with van der Waals surface area (Å²) >= 11 is 3.79. The first kappa shape index (κ1) is 15.9. The molecule has 0 radical (unpaired) electrons. The Hall–Kier alpha value is -2.91. The molecule has 1 aromatic heterocycles. The maximum atomic E-state index is 5.26. The molecule has 2 aliphatic carbocycles. The van der Waals surface area contributed by atoms with Crippen molar-refractivity contribution in [3.63, 3.8) is 0 Å². The molecule has 3 heteroatoms. The number of allylic oxidation sites excluding steroid dienone is 4. The van der Waals surface area contributed by atoms with Crippen LogP contribution in [0.5, 0.6) is 0 Å². The van der Waals surface area contributed by atoms with Gasteiger partial charge in [0.15, 0.2) is 0 Å². The fourth-order valence-electron chi connectivity index (χ4n) is 5.72. The molecule has 1 unspecified atom stereocenters. The van der Waals surface area contributed by atoms with Crippen LogP contribution < -0.4 is 0 Å². The van der Waals surface area contributed by atoms with Crippen LogP contribution in [0.1, 0.15) is 35.4 Å². The lowest BCUT2D eigenvalue weighted by Gasteiger charge is -2.29. The van der Waals surface area contributed by atoms with Gasteiger partial charge in [-0.2, -0.15) is 0 Å². The summed E-state index contributed by atoms with van der Waals surface area (Å²) in [5.41, 5.74) is 10.1. The second kappa shape index (κ2) is 5.37. The molecule has 4 aromatic rings. The summed E-state index contributed by atoms with van der Waals surface area (Å²) in [6.45, 7) is 0. The monoisotopic (exact) mass is 436 g/mol. The summed E-state index contributed by atoms with van der Waals surface area (Å²) in [4.78, 5) is 5.26. The zero-order chi connectivity index (χ0) is 19.2. The number of rotatable bonds is 0. The van der Waals surface area contributed by atoms with Crippen LogP contribution in [0.2, 0.25) is 0 Å². The average Bonchev–Trinajstić information content (AvgIpc) is 3.38. The van der Waals surface area contributed by atoms with Crippen molar-refractivity contribution >= 4 is 32.5 Å². The summed E-state index contributed by atoms with van der Waals surface area (Å²) in [5.74, 6) is 1.12. The molecule has 3 aromatic carbocycles. The Balaban J connectivity index is 1.74. The van der Waals surface area contributed by atoms with E-state index < -0.39 is 0 Å². The number of hydrogen-bond acceptors (Lipinski definition) is 1. The summed E-state index contributed by atoms with van der Waals surface area (Å²) in [6, 6.07) is 24.1. The van der Waals surface area contributed by atoms with E-state index >= 15 is 0 Å². The molecule has 138 valence electrons. The fourth-order valence-corrected chi connectivity index (χ4v) is 6.26. The lowest BCUT2D eigenvalue weighted by molar-refractivity contribution is 0.728. The lowest BCUT2D eigenvalue weighted by atomic mass is 9.71. The molecular weight excluding hydrogens is 420 g/mol. The Kier molecular flexibility index (Phi) is 2.95. The van der Waals surface area contributed by atoms with Crippen LogP contribution in [-0.2, 0) is 5.41 Å². The molecule has 0 bridgehead atoms. The normalized spacial score (nSPS) is 20.9. The highest BCUT2D eigenvalue weighted by Crippen LogP contribution is 2.61. The van der Waals surface area contributed by atoms with E-state index in [-0.39, 0.29) is 5.41 Å². The lowest BCUT2D eigenvalue weighted by Crippen LogP contribution is -2.28. The standard InChI is InChI=1S/C26H17BrN2/c27-21-13-7-14-22-24(21)29-23-15-6-5-12-20(23)26(25(29)28-22)18-10-3-1-8-16(18)17-9-2-4-11-19(17)26/h1,3-8,10-15H,2,9H2. The van der Waals surface area contributed by atoms with Gasteiger partial charge in [0.2, 0.25) is 0 Å². The molecule has 0 fully saturated rings. The first-order valence-electron chi connectivity index (χ1n) is 10.1. The van der Waals surface area contributed by atoms with Gasteiger partial charge in [-0.1, -0.05) is 60.7 Å². The minimum Gasteiger partial charge on any atom is -0.293 e. The zero-order valence-corrected chi connectivity index (χ0v) is 17.3. The molecule has 2 nitrogen and oxygen atoms in total. The highest BCUT2D eigenvalue weighted by molar-refractivity contribution is 9.10. The molecule has 0 saturated heterocycles. The third kappa shape index (κ3) is 1.72. The van der Waals surface area contributed by atoms with Gasteiger partial charge in [0.25, 0.3) is 0 Å². The van der Waals surface area contributed by atoms with Gasteiger partial charge < -0.3 is 0 Å². The number of fused-ring (bicyclic) bond motifs is 11. The van der Waals surface area contributed by atoms with E-state index in [0.717, 1.165) is 34.2 Å². The Morgan fingerprint density at radius 1 is 0.897 bits per heavy atom. The molecule has 29 heavy (non-hydrogen) atoms. The second-order valence-corrected chi connectivity index (χ2v) is 8.88. The number of nitrogens with zero attached hydrogens (tertiary/aromatic N) is 2. The molecular formula is C26H17BrN2. The predicted octanol–water partition coefficient (Wildman–Crippen LogP) is 6.55. The molecule has 0 N–H and O–H groups in total. The average molecular weight is 437 g/mol. The van der Waals surface area contributed by atoms with Crippen LogP contribution in [-0.4, -0.2) is 9.55 Å². The summed E-state index contributed by atoms with van der Waals surface area (Å²) < 4.78 is 3.46. The van der Waals surface area contributed by atoms with Gasteiger partial charge in [0.1, 0.15) is 11.2 Å².